The first kappa shape index (κ1) is 19.4. The van der Waals surface area contributed by atoms with E-state index in [1.807, 2.05) is 7.05 Å². The van der Waals surface area contributed by atoms with Gasteiger partial charge in [-0.3, -0.25) is 4.79 Å². The van der Waals surface area contributed by atoms with Gasteiger partial charge in [0.2, 0.25) is 5.91 Å². The van der Waals surface area contributed by atoms with Gasteiger partial charge >= 0.3 is 0 Å². The molecule has 1 amide bonds. The molecule has 0 heterocycles. The fourth-order valence-corrected chi connectivity index (χ4v) is 2.64. The van der Waals surface area contributed by atoms with Crippen LogP contribution in [0.4, 0.5) is 0 Å². The van der Waals surface area contributed by atoms with E-state index in [2.05, 4.69) is 5.32 Å². The van der Waals surface area contributed by atoms with E-state index in [0.717, 1.165) is 19.4 Å². The molecule has 0 aliphatic heterocycles. The van der Waals surface area contributed by atoms with E-state index in [4.69, 9.17) is 4.74 Å². The summed E-state index contributed by atoms with van der Waals surface area (Å²) in [6.45, 7) is 1.96. The highest BCUT2D eigenvalue weighted by Gasteiger charge is 2.08. The summed E-state index contributed by atoms with van der Waals surface area (Å²) < 4.78 is 28.3. The number of carbonyl (C=O) groups excluding carboxylic acids is 1. The van der Waals surface area contributed by atoms with Crippen LogP contribution in [0.3, 0.4) is 0 Å². The first-order valence-electron chi connectivity index (χ1n) is 7.66. The Morgan fingerprint density at radius 3 is 2.43 bits per heavy atom. The Hall–Kier alpha value is -1.60. The molecule has 0 aromatic heterocycles. The van der Waals surface area contributed by atoms with Crippen LogP contribution in [0.5, 0.6) is 5.75 Å². The summed E-state index contributed by atoms with van der Waals surface area (Å²) in [5.41, 5.74) is 0. The van der Waals surface area contributed by atoms with E-state index in [1.165, 1.54) is 18.4 Å². The molecule has 0 saturated heterocycles. The molecule has 7 heteroatoms. The van der Waals surface area contributed by atoms with Gasteiger partial charge in [-0.25, -0.2) is 8.42 Å². The molecule has 1 aromatic carbocycles. The van der Waals surface area contributed by atoms with Gasteiger partial charge in [0.25, 0.3) is 0 Å². The fourth-order valence-electron chi connectivity index (χ4n) is 2.01. The van der Waals surface area contributed by atoms with Gasteiger partial charge in [-0.1, -0.05) is 0 Å². The zero-order valence-corrected chi connectivity index (χ0v) is 14.9. The van der Waals surface area contributed by atoms with Crippen molar-refractivity contribution in [1.29, 1.82) is 0 Å². The van der Waals surface area contributed by atoms with Crippen molar-refractivity contribution in [2.75, 3.05) is 40.0 Å². The molecule has 1 aromatic rings. The summed E-state index contributed by atoms with van der Waals surface area (Å²) >= 11 is 0. The summed E-state index contributed by atoms with van der Waals surface area (Å²) in [6, 6.07) is 6.34. The Morgan fingerprint density at radius 2 is 1.87 bits per heavy atom. The van der Waals surface area contributed by atoms with Gasteiger partial charge < -0.3 is 15.0 Å². The van der Waals surface area contributed by atoms with Gasteiger partial charge in [0.1, 0.15) is 5.75 Å². The van der Waals surface area contributed by atoms with E-state index in [0.29, 0.717) is 25.3 Å². The van der Waals surface area contributed by atoms with Crippen molar-refractivity contribution >= 4 is 15.7 Å². The highest BCUT2D eigenvalue weighted by molar-refractivity contribution is 7.90. The van der Waals surface area contributed by atoms with Crippen LogP contribution in [0, 0.1) is 0 Å². The minimum atomic E-state index is -3.18. The topological polar surface area (TPSA) is 75.7 Å². The van der Waals surface area contributed by atoms with Crippen LogP contribution in [-0.4, -0.2) is 59.3 Å². The predicted molar refractivity (Wildman–Crippen MR) is 90.5 cm³/mol. The van der Waals surface area contributed by atoms with Crippen molar-refractivity contribution in [3.8, 4) is 5.75 Å². The normalized spacial score (nSPS) is 11.3. The summed E-state index contributed by atoms with van der Waals surface area (Å²) in [5.74, 6) is 0.762. The molecule has 0 spiro atoms. The Labute approximate surface area is 138 Å². The van der Waals surface area contributed by atoms with Gasteiger partial charge in [-0.15, -0.1) is 0 Å². The number of hydrogen-bond acceptors (Lipinski definition) is 5. The third-order valence-electron chi connectivity index (χ3n) is 3.40. The van der Waals surface area contributed by atoms with Crippen LogP contribution >= 0.6 is 0 Å². The molecule has 0 fully saturated rings. The number of nitrogens with one attached hydrogen (secondary N) is 1. The summed E-state index contributed by atoms with van der Waals surface area (Å²) in [6.07, 6.45) is 3.28. The van der Waals surface area contributed by atoms with Crippen molar-refractivity contribution in [3.63, 3.8) is 0 Å². The number of carbonyl (C=O) groups is 1. The van der Waals surface area contributed by atoms with E-state index < -0.39 is 9.84 Å². The van der Waals surface area contributed by atoms with Crippen LogP contribution < -0.4 is 10.1 Å². The van der Waals surface area contributed by atoms with E-state index in [9.17, 15) is 13.2 Å². The smallest absolute Gasteiger partial charge is 0.222 e. The van der Waals surface area contributed by atoms with Crippen molar-refractivity contribution in [2.24, 2.45) is 0 Å². The van der Waals surface area contributed by atoms with E-state index in [-0.39, 0.29) is 10.8 Å². The molecule has 6 nitrogen and oxygen atoms in total. The Bertz CT molecular complexity index is 585. The largest absolute Gasteiger partial charge is 0.494 e. The molecule has 0 aliphatic rings. The van der Waals surface area contributed by atoms with E-state index >= 15 is 0 Å². The molecule has 0 radical (unpaired) electrons. The zero-order valence-electron chi connectivity index (χ0n) is 14.0. The summed E-state index contributed by atoms with van der Waals surface area (Å²) in [5, 5.41) is 3.02. The second kappa shape index (κ2) is 9.52. The monoisotopic (exact) mass is 342 g/mol. The van der Waals surface area contributed by atoms with Gasteiger partial charge in [-0.05, 0) is 50.7 Å². The Kier molecular flexibility index (Phi) is 8.05. The lowest BCUT2D eigenvalue weighted by molar-refractivity contribution is -0.130. The lowest BCUT2D eigenvalue weighted by atomic mass is 10.2. The molecule has 1 N–H and O–H groups in total. The van der Waals surface area contributed by atoms with Crippen LogP contribution in [-0.2, 0) is 14.6 Å². The van der Waals surface area contributed by atoms with Gasteiger partial charge in [0, 0.05) is 26.3 Å². The third-order valence-corrected chi connectivity index (χ3v) is 4.53. The van der Waals surface area contributed by atoms with Crippen molar-refractivity contribution in [3.05, 3.63) is 24.3 Å². The number of benzene rings is 1. The minimum Gasteiger partial charge on any atom is -0.494 e. The van der Waals surface area contributed by atoms with Crippen molar-refractivity contribution in [1.82, 2.24) is 10.2 Å². The molecule has 130 valence electrons. The molecular weight excluding hydrogens is 316 g/mol. The molecule has 0 bridgehead atoms. The number of ether oxygens (including phenoxy) is 1. The molecule has 23 heavy (non-hydrogen) atoms. The second-order valence-corrected chi connectivity index (χ2v) is 7.48. The Morgan fingerprint density at radius 1 is 1.22 bits per heavy atom. The first-order valence-corrected chi connectivity index (χ1v) is 9.55. The molecule has 0 aliphatic carbocycles. The third kappa shape index (κ3) is 7.47. The number of sulfone groups is 1. The average Bonchev–Trinajstić information content (AvgIpc) is 2.51. The number of hydrogen-bond donors (Lipinski definition) is 1. The lowest BCUT2D eigenvalue weighted by Gasteiger charge is -2.17. The molecule has 0 unspecified atom stereocenters. The van der Waals surface area contributed by atoms with E-state index in [1.54, 1.807) is 24.1 Å². The quantitative estimate of drug-likeness (QED) is 0.649. The maximum Gasteiger partial charge on any atom is 0.222 e. The molecule has 1 rings (SSSR count). The second-order valence-electron chi connectivity index (χ2n) is 5.47. The van der Waals surface area contributed by atoms with Crippen LogP contribution in [0.1, 0.15) is 19.3 Å². The Balaban J connectivity index is 2.28. The molecular formula is C16H26N2O4S. The highest BCUT2D eigenvalue weighted by atomic mass is 32.2. The standard InChI is InChI=1S/C16H26N2O4S/c1-17-11-4-6-16(19)18(2)12-5-13-22-14-7-9-15(10-8-14)23(3,20)21/h7-10,17H,4-6,11-13H2,1-3H3. The average molecular weight is 342 g/mol. The van der Waals surface area contributed by atoms with Gasteiger partial charge in [-0.2, -0.15) is 0 Å². The zero-order chi connectivity index (χ0) is 17.3. The predicted octanol–water partition coefficient (Wildman–Crippen LogP) is 1.32. The lowest BCUT2D eigenvalue weighted by Crippen LogP contribution is -2.29. The fraction of sp³-hybridized carbons (Fsp3) is 0.562. The number of nitrogens with zero attached hydrogens (tertiary/aromatic N) is 1. The van der Waals surface area contributed by atoms with Crippen LogP contribution in [0.15, 0.2) is 29.2 Å². The maximum absolute atomic E-state index is 11.8. The minimum absolute atomic E-state index is 0.137. The van der Waals surface area contributed by atoms with Crippen molar-refractivity contribution in [2.45, 2.75) is 24.2 Å². The number of amides is 1. The first-order chi connectivity index (χ1) is 10.8. The maximum atomic E-state index is 11.8. The SMILES string of the molecule is CNCCCC(=O)N(C)CCCOc1ccc(S(C)(=O)=O)cc1. The summed E-state index contributed by atoms with van der Waals surface area (Å²) in [7, 11) is 0.484. The highest BCUT2D eigenvalue weighted by Crippen LogP contribution is 2.15. The van der Waals surface area contributed by atoms with Crippen LogP contribution in [0.25, 0.3) is 0 Å². The summed E-state index contributed by atoms with van der Waals surface area (Å²) in [4.78, 5) is 13.8. The van der Waals surface area contributed by atoms with Crippen LogP contribution in [0.2, 0.25) is 0 Å². The van der Waals surface area contributed by atoms with Gasteiger partial charge in [0.05, 0.1) is 11.5 Å². The number of rotatable bonds is 10. The molecule has 0 saturated carbocycles. The van der Waals surface area contributed by atoms with Gasteiger partial charge in [0.15, 0.2) is 9.84 Å². The van der Waals surface area contributed by atoms with Crippen molar-refractivity contribution < 1.29 is 17.9 Å². The molecule has 0 atom stereocenters.